The van der Waals surface area contributed by atoms with Crippen LogP contribution in [0.2, 0.25) is 0 Å². The van der Waals surface area contributed by atoms with Crippen molar-refractivity contribution in [1.82, 2.24) is 4.57 Å². The number of carbonyl (C=O) groups is 2. The number of hydrogen-bond donors (Lipinski definition) is 1. The van der Waals surface area contributed by atoms with Gasteiger partial charge in [0.2, 0.25) is 0 Å². The monoisotopic (exact) mass is 522 g/mol. The average molecular weight is 523 g/mol. The highest BCUT2D eigenvalue weighted by atomic mass is 32.1. The van der Waals surface area contributed by atoms with E-state index in [9.17, 15) is 14.4 Å². The van der Waals surface area contributed by atoms with Gasteiger partial charge in [0.05, 0.1) is 35.1 Å². The predicted octanol–water partition coefficient (Wildman–Crippen LogP) is 2.66. The molecule has 0 aliphatic carbocycles. The summed E-state index contributed by atoms with van der Waals surface area (Å²) in [6.07, 6.45) is 1.71. The highest BCUT2D eigenvalue weighted by Crippen LogP contribution is 2.31. The lowest BCUT2D eigenvalue weighted by molar-refractivity contribution is -0.140. The molecule has 9 nitrogen and oxygen atoms in total. The molecule has 2 aromatic carbocycles. The highest BCUT2D eigenvalue weighted by Gasteiger charge is 2.33. The number of allylic oxidation sites excluding steroid dienone is 1. The van der Waals surface area contributed by atoms with Crippen LogP contribution < -0.4 is 24.4 Å². The molecule has 1 aliphatic heterocycles. The quantitative estimate of drug-likeness (QED) is 0.430. The van der Waals surface area contributed by atoms with Gasteiger partial charge in [-0.05, 0) is 50.1 Å². The second-order valence-electron chi connectivity index (χ2n) is 8.03. The smallest absolute Gasteiger partial charge is 0.341 e. The number of carbonyl (C=O) groups excluding carboxylic acids is 1. The van der Waals surface area contributed by atoms with Crippen LogP contribution in [-0.4, -0.2) is 41.4 Å². The maximum atomic E-state index is 13.7. The number of thiazole rings is 1. The minimum absolute atomic E-state index is 0.204. The van der Waals surface area contributed by atoms with Gasteiger partial charge in [-0.3, -0.25) is 9.36 Å². The molecule has 37 heavy (non-hydrogen) atoms. The molecule has 0 unspecified atom stereocenters. The molecular formula is C27H26N2O7S. The topological polar surface area (TPSA) is 116 Å². The lowest BCUT2D eigenvalue weighted by atomic mass is 9.96. The van der Waals surface area contributed by atoms with Crippen LogP contribution in [0.15, 0.2) is 69.6 Å². The normalized spacial score (nSPS) is 15.1. The average Bonchev–Trinajstić information content (AvgIpc) is 3.17. The molecule has 0 saturated carbocycles. The van der Waals surface area contributed by atoms with Crippen LogP contribution in [0, 0.1) is 0 Å². The third-order valence-corrected chi connectivity index (χ3v) is 6.53. The molecular weight excluding hydrogens is 496 g/mol. The standard InChI is InChI=1S/C27H26N2O7S/c1-4-34-20-13-17(11-12-19(20)36-15-22(30)31)14-21-25(32)29-24(18-9-7-6-8-10-18)23(26(33)35-5-2)16(3)28-27(29)37-21/h6-14,24H,4-5,15H2,1-3H3,(H,30,31)/b21-14-/t24-/m1/s1. The van der Waals surface area contributed by atoms with Crippen molar-refractivity contribution in [3.05, 3.63) is 90.6 Å². The highest BCUT2D eigenvalue weighted by molar-refractivity contribution is 7.07. The second-order valence-corrected chi connectivity index (χ2v) is 9.04. The molecule has 0 saturated heterocycles. The van der Waals surface area contributed by atoms with Crippen molar-refractivity contribution in [3.8, 4) is 11.5 Å². The fraction of sp³-hybridized carbons (Fsp3) is 0.259. The first-order valence-electron chi connectivity index (χ1n) is 11.7. The van der Waals surface area contributed by atoms with Crippen LogP contribution in [0.1, 0.15) is 37.9 Å². The predicted molar refractivity (Wildman–Crippen MR) is 138 cm³/mol. The summed E-state index contributed by atoms with van der Waals surface area (Å²) >= 11 is 1.22. The van der Waals surface area contributed by atoms with Crippen molar-refractivity contribution in [2.45, 2.75) is 26.8 Å². The van der Waals surface area contributed by atoms with Gasteiger partial charge in [0.25, 0.3) is 5.56 Å². The van der Waals surface area contributed by atoms with E-state index in [0.717, 1.165) is 5.56 Å². The van der Waals surface area contributed by atoms with Gasteiger partial charge in [-0.15, -0.1) is 0 Å². The zero-order valence-electron chi connectivity index (χ0n) is 20.6. The number of ether oxygens (including phenoxy) is 3. The third-order valence-electron chi connectivity index (χ3n) is 5.55. The van der Waals surface area contributed by atoms with Crippen molar-refractivity contribution in [1.29, 1.82) is 0 Å². The lowest BCUT2D eigenvalue weighted by Gasteiger charge is -2.24. The van der Waals surface area contributed by atoms with E-state index in [2.05, 4.69) is 4.99 Å². The third kappa shape index (κ3) is 5.49. The van der Waals surface area contributed by atoms with Crippen LogP contribution in [0.5, 0.6) is 11.5 Å². The maximum Gasteiger partial charge on any atom is 0.341 e. The number of carboxylic acids is 1. The lowest BCUT2D eigenvalue weighted by Crippen LogP contribution is -2.39. The number of carboxylic acid groups (broad SMARTS) is 1. The Morgan fingerprint density at radius 2 is 1.84 bits per heavy atom. The number of rotatable bonds is 9. The van der Waals surface area contributed by atoms with E-state index in [1.807, 2.05) is 30.3 Å². The van der Waals surface area contributed by atoms with E-state index in [1.165, 1.54) is 15.9 Å². The summed E-state index contributed by atoms with van der Waals surface area (Å²) in [7, 11) is 0. The van der Waals surface area contributed by atoms with Crippen LogP contribution in [0.4, 0.5) is 0 Å². The largest absolute Gasteiger partial charge is 0.490 e. The van der Waals surface area contributed by atoms with E-state index in [-0.39, 0.29) is 12.2 Å². The number of aromatic nitrogens is 1. The number of hydrogen-bond acceptors (Lipinski definition) is 8. The summed E-state index contributed by atoms with van der Waals surface area (Å²) in [6, 6.07) is 13.6. The van der Waals surface area contributed by atoms with Crippen molar-refractivity contribution in [2.75, 3.05) is 19.8 Å². The van der Waals surface area contributed by atoms with Gasteiger partial charge >= 0.3 is 11.9 Å². The first kappa shape index (κ1) is 25.9. The van der Waals surface area contributed by atoms with E-state index in [0.29, 0.717) is 44.3 Å². The maximum absolute atomic E-state index is 13.7. The van der Waals surface area contributed by atoms with Crippen molar-refractivity contribution < 1.29 is 28.9 Å². The van der Waals surface area contributed by atoms with Gasteiger partial charge < -0.3 is 19.3 Å². The number of fused-ring (bicyclic) bond motifs is 1. The minimum atomic E-state index is -1.10. The molecule has 1 aliphatic rings. The summed E-state index contributed by atoms with van der Waals surface area (Å²) in [4.78, 5) is 42.5. The molecule has 0 radical (unpaired) electrons. The van der Waals surface area contributed by atoms with E-state index < -0.39 is 24.6 Å². The molecule has 10 heteroatoms. The summed E-state index contributed by atoms with van der Waals surface area (Å²) in [5, 5.41) is 8.91. The Bertz CT molecular complexity index is 1540. The Kier molecular flexibility index (Phi) is 7.88. The molecule has 4 rings (SSSR count). The molecule has 1 N–H and O–H groups in total. The van der Waals surface area contributed by atoms with E-state index in [4.69, 9.17) is 19.3 Å². The zero-order valence-corrected chi connectivity index (χ0v) is 21.4. The summed E-state index contributed by atoms with van der Waals surface area (Å²) < 4.78 is 18.2. The van der Waals surface area contributed by atoms with Crippen molar-refractivity contribution in [3.63, 3.8) is 0 Å². The number of esters is 1. The van der Waals surface area contributed by atoms with E-state index in [1.54, 1.807) is 45.0 Å². The summed E-state index contributed by atoms with van der Waals surface area (Å²) in [6.45, 7) is 5.33. The van der Waals surface area contributed by atoms with Crippen LogP contribution >= 0.6 is 11.3 Å². The zero-order chi connectivity index (χ0) is 26.5. The Labute approximate surface area is 216 Å². The minimum Gasteiger partial charge on any atom is -0.490 e. The SMILES string of the molecule is CCOC(=O)C1=C(C)N=c2s/c(=C\c3ccc(OCC(=O)O)c(OCC)c3)c(=O)n2[C@@H]1c1ccccc1. The molecule has 0 bridgehead atoms. The molecule has 0 fully saturated rings. The molecule has 192 valence electrons. The number of benzene rings is 2. The van der Waals surface area contributed by atoms with Crippen LogP contribution in [0.3, 0.4) is 0 Å². The van der Waals surface area contributed by atoms with Gasteiger partial charge in [0.1, 0.15) is 0 Å². The molecule has 3 aromatic rings. The van der Waals surface area contributed by atoms with Crippen LogP contribution in [-0.2, 0) is 14.3 Å². The van der Waals surface area contributed by atoms with Gasteiger partial charge in [-0.1, -0.05) is 47.7 Å². The molecule has 1 atom stereocenters. The molecule has 2 heterocycles. The van der Waals surface area contributed by atoms with Crippen molar-refractivity contribution >= 4 is 29.4 Å². The Balaban J connectivity index is 1.84. The Morgan fingerprint density at radius 1 is 1.08 bits per heavy atom. The molecule has 0 amide bonds. The van der Waals surface area contributed by atoms with E-state index >= 15 is 0 Å². The molecule has 0 spiro atoms. The first-order valence-corrected chi connectivity index (χ1v) is 12.5. The van der Waals surface area contributed by atoms with Gasteiger partial charge in [-0.2, -0.15) is 0 Å². The van der Waals surface area contributed by atoms with Gasteiger partial charge in [0, 0.05) is 0 Å². The number of nitrogens with zero attached hydrogens (tertiary/aromatic N) is 2. The van der Waals surface area contributed by atoms with Gasteiger partial charge in [0.15, 0.2) is 22.9 Å². The Hall–Kier alpha value is -4.18. The van der Waals surface area contributed by atoms with Crippen molar-refractivity contribution in [2.24, 2.45) is 4.99 Å². The second kappa shape index (κ2) is 11.3. The fourth-order valence-corrected chi connectivity index (χ4v) is 5.08. The fourth-order valence-electron chi connectivity index (χ4n) is 4.04. The summed E-state index contributed by atoms with van der Waals surface area (Å²) in [5.41, 5.74) is 1.96. The number of aliphatic carboxylic acids is 1. The first-order chi connectivity index (χ1) is 17.8. The van der Waals surface area contributed by atoms with Crippen LogP contribution in [0.25, 0.3) is 6.08 Å². The van der Waals surface area contributed by atoms with Gasteiger partial charge in [-0.25, -0.2) is 14.6 Å². The Morgan fingerprint density at radius 3 is 2.51 bits per heavy atom. The summed E-state index contributed by atoms with van der Waals surface area (Å²) in [5.74, 6) is -0.946. The molecule has 1 aromatic heterocycles.